The zero-order chi connectivity index (χ0) is 37.1. The molecule has 9 nitrogen and oxygen atoms in total. The number of nitrogens with one attached hydrogen (secondary N) is 1. The van der Waals surface area contributed by atoms with E-state index in [1.54, 1.807) is 25.3 Å². The number of halogens is 5. The summed E-state index contributed by atoms with van der Waals surface area (Å²) in [5.41, 5.74) is -3.27. The number of carboxylic acids is 1. The average molecular weight is 729 g/mol. The van der Waals surface area contributed by atoms with Gasteiger partial charge in [-0.2, -0.15) is 13.2 Å². The Labute approximate surface area is 294 Å². The van der Waals surface area contributed by atoms with Crippen LogP contribution in [0.5, 0.6) is 0 Å². The Balaban J connectivity index is 1.44. The first kappa shape index (κ1) is 37.3. The highest BCUT2D eigenvalue weighted by atomic mass is 32.2. The molecule has 3 aromatic rings. The summed E-state index contributed by atoms with van der Waals surface area (Å²) in [6.45, 7) is 1.33. The van der Waals surface area contributed by atoms with Gasteiger partial charge in [0, 0.05) is 48.0 Å². The molecule has 5 rings (SSSR count). The van der Waals surface area contributed by atoms with Crippen molar-refractivity contribution in [3.05, 3.63) is 88.3 Å². The summed E-state index contributed by atoms with van der Waals surface area (Å²) in [6, 6.07) is 8.32. The Morgan fingerprint density at radius 2 is 1.86 bits per heavy atom. The molecule has 2 aliphatic heterocycles. The zero-order valence-electron chi connectivity index (χ0n) is 27.5. The predicted octanol–water partition coefficient (Wildman–Crippen LogP) is 7.33. The van der Waals surface area contributed by atoms with Crippen molar-refractivity contribution in [2.75, 3.05) is 18.1 Å². The van der Waals surface area contributed by atoms with Crippen molar-refractivity contribution >= 4 is 35.2 Å². The maximum Gasteiger partial charge on any atom is 0.416 e. The molecule has 51 heavy (non-hydrogen) atoms. The van der Waals surface area contributed by atoms with E-state index in [-0.39, 0.29) is 47.3 Å². The van der Waals surface area contributed by atoms with E-state index in [0.29, 0.717) is 30.7 Å². The van der Waals surface area contributed by atoms with Crippen LogP contribution in [0, 0.1) is 23.5 Å². The Kier molecular flexibility index (Phi) is 11.1. The van der Waals surface area contributed by atoms with Crippen LogP contribution in [0.25, 0.3) is 11.1 Å². The third-order valence-corrected chi connectivity index (χ3v) is 9.48. The van der Waals surface area contributed by atoms with Crippen LogP contribution < -0.4 is 5.32 Å². The first-order valence-electron chi connectivity index (χ1n) is 15.9. The molecule has 268 valence electrons. The molecule has 0 spiro atoms. The summed E-state index contributed by atoms with van der Waals surface area (Å²) in [7, 11) is 0. The van der Waals surface area contributed by atoms with Crippen molar-refractivity contribution in [3.63, 3.8) is 0 Å². The number of carboxylic acid groups (broad SMARTS) is 1. The number of unbranched alkanes of at least 4 members (excludes halogenated alkanes) is 2. The third-order valence-electron chi connectivity index (χ3n) is 8.82. The van der Waals surface area contributed by atoms with Gasteiger partial charge < -0.3 is 15.5 Å². The van der Waals surface area contributed by atoms with Crippen molar-refractivity contribution in [1.82, 2.24) is 15.0 Å². The van der Waals surface area contributed by atoms with Gasteiger partial charge in [-0.3, -0.25) is 19.4 Å². The van der Waals surface area contributed by atoms with E-state index in [2.05, 4.69) is 22.1 Å². The number of hydrazine groups is 1. The molecular formula is C36H33F5N4O5S. The van der Waals surface area contributed by atoms with Crippen LogP contribution in [0.3, 0.4) is 0 Å². The third kappa shape index (κ3) is 7.87. The standard InChI is InChI=1S/C36H33F5N4O5S/c1-35-16-7-17-45(35)44(20-23-11-10-21(30(37)31(23)38)8-5-3-4-6-9-28(46)47)34(50)29(32(35)48)33(49)43-26-14-13-24(36(39,40)41)18-25(26)22-12-15-27(51-2)42-19-22/h10-15,18-19,48H,3-4,6-7,9,16-17,20H2,1-2H3,(H,43,49)(H,46,47)/t35-/m1/s1. The molecule has 0 aliphatic carbocycles. The smallest absolute Gasteiger partial charge is 0.416 e. The Bertz CT molecular complexity index is 1960. The van der Waals surface area contributed by atoms with Gasteiger partial charge in [-0.25, -0.2) is 18.8 Å². The van der Waals surface area contributed by atoms with Crippen molar-refractivity contribution in [2.24, 2.45) is 0 Å². The number of alkyl halides is 3. The van der Waals surface area contributed by atoms with Crippen molar-refractivity contribution < 1.29 is 46.5 Å². The summed E-state index contributed by atoms with van der Waals surface area (Å²) in [6.07, 6.45) is 0.323. The molecule has 3 heterocycles. The summed E-state index contributed by atoms with van der Waals surface area (Å²) < 4.78 is 71.6. The van der Waals surface area contributed by atoms with Gasteiger partial charge in [-0.15, -0.1) is 11.8 Å². The number of rotatable bonds is 10. The topological polar surface area (TPSA) is 123 Å². The first-order valence-corrected chi connectivity index (χ1v) is 17.1. The zero-order valence-corrected chi connectivity index (χ0v) is 28.4. The fraction of sp³-hybridized carbons (Fsp3) is 0.333. The molecular weight excluding hydrogens is 695 g/mol. The van der Waals surface area contributed by atoms with Crippen LogP contribution in [0.2, 0.25) is 0 Å². The highest BCUT2D eigenvalue weighted by Crippen LogP contribution is 2.43. The molecule has 15 heteroatoms. The van der Waals surface area contributed by atoms with Gasteiger partial charge in [0.15, 0.2) is 11.6 Å². The molecule has 0 radical (unpaired) electrons. The molecule has 1 fully saturated rings. The molecule has 2 aliphatic rings. The van der Waals surface area contributed by atoms with Gasteiger partial charge >= 0.3 is 12.1 Å². The van der Waals surface area contributed by atoms with Gasteiger partial charge in [0.05, 0.1) is 28.2 Å². The Hall–Kier alpha value is -4.94. The van der Waals surface area contributed by atoms with E-state index in [1.807, 2.05) is 0 Å². The van der Waals surface area contributed by atoms with Crippen molar-refractivity contribution in [3.8, 4) is 23.0 Å². The van der Waals surface area contributed by atoms with Crippen molar-refractivity contribution in [2.45, 2.75) is 68.7 Å². The number of benzene rings is 2. The fourth-order valence-electron chi connectivity index (χ4n) is 6.08. The number of nitrogens with zero attached hydrogens (tertiary/aromatic N) is 3. The molecule has 1 atom stereocenters. The number of hydrogen-bond acceptors (Lipinski definition) is 7. The lowest BCUT2D eigenvalue weighted by atomic mass is 9.90. The predicted molar refractivity (Wildman–Crippen MR) is 179 cm³/mol. The second kappa shape index (κ2) is 15.1. The van der Waals surface area contributed by atoms with Gasteiger partial charge in [0.1, 0.15) is 11.3 Å². The molecule has 2 aromatic carbocycles. The number of aromatic nitrogens is 1. The number of hydrogen-bond donors (Lipinski definition) is 3. The second-order valence-electron chi connectivity index (χ2n) is 12.2. The summed E-state index contributed by atoms with van der Waals surface area (Å²) in [5, 5.41) is 25.8. The van der Waals surface area contributed by atoms with Gasteiger partial charge in [-0.1, -0.05) is 24.0 Å². The van der Waals surface area contributed by atoms with E-state index >= 15 is 8.78 Å². The number of carbonyl (C=O) groups is 3. The summed E-state index contributed by atoms with van der Waals surface area (Å²) in [5.74, 6) is -0.885. The lowest BCUT2D eigenvalue weighted by Crippen LogP contribution is -2.60. The Morgan fingerprint density at radius 3 is 2.53 bits per heavy atom. The van der Waals surface area contributed by atoms with Crippen LogP contribution in [0.1, 0.15) is 62.1 Å². The van der Waals surface area contributed by atoms with Crippen LogP contribution in [-0.2, 0) is 27.1 Å². The second-order valence-corrected chi connectivity index (χ2v) is 13.0. The number of pyridine rings is 1. The lowest BCUT2D eigenvalue weighted by Gasteiger charge is -2.46. The van der Waals surface area contributed by atoms with E-state index in [4.69, 9.17) is 5.11 Å². The molecule has 0 bridgehead atoms. The monoisotopic (exact) mass is 728 g/mol. The van der Waals surface area contributed by atoms with Crippen LogP contribution in [-0.4, -0.2) is 61.3 Å². The first-order chi connectivity index (χ1) is 24.1. The number of aliphatic carboxylic acids is 1. The number of fused-ring (bicyclic) bond motifs is 1. The molecule has 0 saturated carbocycles. The van der Waals surface area contributed by atoms with Gasteiger partial charge in [0.25, 0.3) is 11.8 Å². The molecule has 1 saturated heterocycles. The molecule has 3 N–H and O–H groups in total. The normalized spacial score (nSPS) is 17.6. The summed E-state index contributed by atoms with van der Waals surface area (Å²) >= 11 is 1.32. The molecule has 2 amide bonds. The minimum atomic E-state index is -4.70. The van der Waals surface area contributed by atoms with Crippen LogP contribution in [0.4, 0.5) is 27.6 Å². The van der Waals surface area contributed by atoms with Gasteiger partial charge in [-0.05, 0) is 69.2 Å². The lowest BCUT2D eigenvalue weighted by molar-refractivity contribution is -0.160. The van der Waals surface area contributed by atoms with Crippen LogP contribution in [0.15, 0.2) is 65.0 Å². The number of thioether (sulfide) groups is 1. The Morgan fingerprint density at radius 1 is 1.10 bits per heavy atom. The molecule has 1 aromatic heterocycles. The minimum absolute atomic E-state index is 0.0261. The number of amides is 2. The van der Waals surface area contributed by atoms with Crippen molar-refractivity contribution in [1.29, 1.82) is 0 Å². The van der Waals surface area contributed by atoms with Crippen LogP contribution >= 0.6 is 11.8 Å². The average Bonchev–Trinajstić information content (AvgIpc) is 3.49. The highest BCUT2D eigenvalue weighted by Gasteiger charge is 2.52. The summed E-state index contributed by atoms with van der Waals surface area (Å²) in [4.78, 5) is 42.7. The van der Waals surface area contributed by atoms with E-state index in [9.17, 15) is 32.7 Å². The SMILES string of the molecule is CSc1ccc(-c2cc(C(F)(F)F)ccc2NC(=O)C2=C(O)[C@@]3(C)CCCN3N(Cc3ccc(C#CCCCCC(=O)O)c(F)c3F)C2=O)cn1. The quantitative estimate of drug-likeness (QED) is 0.0653. The highest BCUT2D eigenvalue weighted by molar-refractivity contribution is 7.98. The maximum atomic E-state index is 15.4. The maximum absolute atomic E-state index is 15.4. The minimum Gasteiger partial charge on any atom is -0.509 e. The number of carbonyl (C=O) groups excluding carboxylic acids is 2. The largest absolute Gasteiger partial charge is 0.509 e. The van der Waals surface area contributed by atoms with E-state index in [1.165, 1.54) is 35.1 Å². The number of aliphatic hydroxyl groups excluding tert-OH is 1. The van der Waals surface area contributed by atoms with E-state index in [0.717, 1.165) is 23.2 Å². The molecule has 0 unspecified atom stereocenters. The fourth-order valence-corrected chi connectivity index (χ4v) is 6.44. The van der Waals surface area contributed by atoms with Gasteiger partial charge in [0.2, 0.25) is 0 Å². The number of anilines is 1. The number of aliphatic hydroxyl groups is 1. The van der Waals surface area contributed by atoms with E-state index < -0.39 is 64.6 Å².